The Hall–Kier alpha value is -2.86. The number of hydroxylamine groups is 1. The van der Waals surface area contributed by atoms with E-state index in [1.54, 1.807) is 0 Å². The van der Waals surface area contributed by atoms with Crippen LogP contribution in [0.5, 0.6) is 5.75 Å². The van der Waals surface area contributed by atoms with Gasteiger partial charge in [-0.3, -0.25) is 9.63 Å². The van der Waals surface area contributed by atoms with E-state index >= 15 is 0 Å². The normalized spacial score (nSPS) is 11.1. The molecule has 0 saturated carbocycles. The van der Waals surface area contributed by atoms with Crippen molar-refractivity contribution in [3.05, 3.63) is 59.7 Å². The molecule has 2 aromatic carbocycles. The molecular weight excluding hydrogens is 380 g/mol. The highest BCUT2D eigenvalue weighted by atomic mass is 32.2. The van der Waals surface area contributed by atoms with Gasteiger partial charge in [-0.05, 0) is 48.4 Å². The molecule has 0 bridgehead atoms. The number of nitrogens with zero attached hydrogens (tertiary/aromatic N) is 1. The van der Waals surface area contributed by atoms with Gasteiger partial charge >= 0.3 is 0 Å². The van der Waals surface area contributed by atoms with Gasteiger partial charge in [-0.15, -0.1) is 6.42 Å². The van der Waals surface area contributed by atoms with E-state index in [4.69, 9.17) is 16.0 Å². The quantitative estimate of drug-likeness (QED) is 0.511. The largest absolute Gasteiger partial charge is 0.481 e. The summed E-state index contributed by atoms with van der Waals surface area (Å²) in [5, 5.41) is 2.81. The van der Waals surface area contributed by atoms with Crippen molar-refractivity contribution in [3.8, 4) is 18.1 Å². The Bertz CT molecular complexity index is 932. The smallest absolute Gasteiger partial charge is 0.264 e. The molecule has 0 aliphatic heterocycles. The van der Waals surface area contributed by atoms with Crippen LogP contribution >= 0.6 is 0 Å². The van der Waals surface area contributed by atoms with Crippen molar-refractivity contribution >= 4 is 15.9 Å². The SMILES string of the molecule is C#CCOc1ccc(CCNC(=O)c2ccc(S(=O)(=O)N(C)OC)cc2)cc1. The van der Waals surface area contributed by atoms with E-state index in [1.165, 1.54) is 38.4 Å². The molecule has 0 fully saturated rings. The zero-order valence-corrected chi connectivity index (χ0v) is 16.5. The van der Waals surface area contributed by atoms with Gasteiger partial charge in [0.1, 0.15) is 12.4 Å². The number of ether oxygens (including phenoxy) is 1. The number of amides is 1. The molecule has 0 aliphatic rings. The summed E-state index contributed by atoms with van der Waals surface area (Å²) in [4.78, 5) is 17.0. The highest BCUT2D eigenvalue weighted by Crippen LogP contribution is 2.15. The molecule has 2 aromatic rings. The monoisotopic (exact) mass is 402 g/mol. The van der Waals surface area contributed by atoms with Gasteiger partial charge in [-0.1, -0.05) is 22.5 Å². The molecule has 1 N–H and O–H groups in total. The summed E-state index contributed by atoms with van der Waals surface area (Å²) < 4.78 is 30.3. The minimum Gasteiger partial charge on any atom is -0.481 e. The predicted molar refractivity (Wildman–Crippen MR) is 105 cm³/mol. The Balaban J connectivity index is 1.89. The van der Waals surface area contributed by atoms with Gasteiger partial charge in [0.25, 0.3) is 15.9 Å². The van der Waals surface area contributed by atoms with Gasteiger partial charge in [0.15, 0.2) is 0 Å². The average molecular weight is 402 g/mol. The van der Waals surface area contributed by atoms with Crippen LogP contribution in [-0.2, 0) is 21.3 Å². The molecule has 2 rings (SSSR count). The van der Waals surface area contributed by atoms with Crippen LogP contribution in [0.3, 0.4) is 0 Å². The fraction of sp³-hybridized carbons (Fsp3) is 0.250. The third-order valence-electron chi connectivity index (χ3n) is 3.95. The van der Waals surface area contributed by atoms with E-state index in [0.29, 0.717) is 24.3 Å². The van der Waals surface area contributed by atoms with E-state index in [9.17, 15) is 13.2 Å². The molecule has 8 heteroatoms. The van der Waals surface area contributed by atoms with Gasteiger partial charge in [-0.25, -0.2) is 8.42 Å². The highest BCUT2D eigenvalue weighted by Gasteiger charge is 2.20. The zero-order valence-electron chi connectivity index (χ0n) is 15.7. The molecule has 0 aromatic heterocycles. The first-order valence-corrected chi connectivity index (χ1v) is 9.89. The first-order chi connectivity index (χ1) is 13.4. The predicted octanol–water partition coefficient (Wildman–Crippen LogP) is 1.85. The topological polar surface area (TPSA) is 84.9 Å². The molecule has 148 valence electrons. The third-order valence-corrected chi connectivity index (χ3v) is 5.65. The molecular formula is C20H22N2O5S. The van der Waals surface area contributed by atoms with Crippen molar-refractivity contribution < 1.29 is 22.8 Å². The van der Waals surface area contributed by atoms with Crippen molar-refractivity contribution in [2.75, 3.05) is 27.3 Å². The second-order valence-corrected chi connectivity index (χ2v) is 7.70. The molecule has 0 unspecified atom stereocenters. The lowest BCUT2D eigenvalue weighted by atomic mass is 10.1. The van der Waals surface area contributed by atoms with Crippen LogP contribution in [0, 0.1) is 12.3 Å². The van der Waals surface area contributed by atoms with E-state index in [1.807, 2.05) is 24.3 Å². The molecule has 0 aliphatic carbocycles. The lowest BCUT2D eigenvalue weighted by Gasteiger charge is -2.14. The molecule has 0 heterocycles. The van der Waals surface area contributed by atoms with Crippen molar-refractivity contribution in [1.82, 2.24) is 9.79 Å². The zero-order chi connectivity index (χ0) is 20.6. The molecule has 0 spiro atoms. The maximum atomic E-state index is 12.2. The lowest BCUT2D eigenvalue weighted by Crippen LogP contribution is -2.27. The molecule has 0 radical (unpaired) electrons. The number of carbonyl (C=O) groups excluding carboxylic acids is 1. The molecule has 0 atom stereocenters. The Kier molecular flexibility index (Phi) is 7.58. The maximum Gasteiger partial charge on any atom is 0.264 e. The van der Waals surface area contributed by atoms with E-state index in [-0.39, 0.29) is 17.4 Å². The van der Waals surface area contributed by atoms with Gasteiger partial charge in [-0.2, -0.15) is 0 Å². The summed E-state index contributed by atoms with van der Waals surface area (Å²) in [6.45, 7) is 0.660. The minimum absolute atomic E-state index is 0.0422. The fourth-order valence-corrected chi connectivity index (χ4v) is 3.30. The standard InChI is InChI=1S/C20H22N2O5S/c1-4-15-27-18-9-5-16(6-10-18)13-14-21-20(23)17-7-11-19(12-8-17)28(24,25)22(2)26-3/h1,5-12H,13-15H2,2-3H3,(H,21,23). The van der Waals surface area contributed by atoms with E-state index < -0.39 is 10.0 Å². The number of terminal acetylenes is 1. The third kappa shape index (κ3) is 5.57. The number of sulfonamides is 1. The highest BCUT2D eigenvalue weighted by molar-refractivity contribution is 7.89. The summed E-state index contributed by atoms with van der Waals surface area (Å²) in [5.41, 5.74) is 1.41. The Labute approximate surface area is 165 Å². The van der Waals surface area contributed by atoms with Crippen molar-refractivity contribution in [1.29, 1.82) is 0 Å². The van der Waals surface area contributed by atoms with Crippen LogP contribution in [0.25, 0.3) is 0 Å². The van der Waals surface area contributed by atoms with Gasteiger partial charge in [0, 0.05) is 19.2 Å². The number of hydrogen-bond acceptors (Lipinski definition) is 5. The van der Waals surface area contributed by atoms with Gasteiger partial charge in [0.2, 0.25) is 0 Å². The fourth-order valence-electron chi connectivity index (χ4n) is 2.32. The van der Waals surface area contributed by atoms with Crippen LogP contribution in [-0.4, -0.2) is 46.1 Å². The van der Waals surface area contributed by atoms with Crippen LogP contribution in [0.1, 0.15) is 15.9 Å². The van der Waals surface area contributed by atoms with Crippen LogP contribution in [0.15, 0.2) is 53.4 Å². The first-order valence-electron chi connectivity index (χ1n) is 8.45. The summed E-state index contributed by atoms with van der Waals surface area (Å²) in [6, 6.07) is 13.1. The van der Waals surface area contributed by atoms with Crippen LogP contribution < -0.4 is 10.1 Å². The number of rotatable bonds is 9. The number of benzene rings is 2. The average Bonchev–Trinajstić information content (AvgIpc) is 2.72. The molecule has 28 heavy (non-hydrogen) atoms. The van der Waals surface area contributed by atoms with Gasteiger partial charge in [0.05, 0.1) is 12.0 Å². The van der Waals surface area contributed by atoms with Crippen molar-refractivity contribution in [2.24, 2.45) is 0 Å². The second kappa shape index (κ2) is 9.90. The summed E-state index contributed by atoms with van der Waals surface area (Å²) in [7, 11) is -1.18. The number of nitrogens with one attached hydrogen (secondary N) is 1. The Morgan fingerprint density at radius 3 is 2.36 bits per heavy atom. The number of hydrogen-bond donors (Lipinski definition) is 1. The van der Waals surface area contributed by atoms with Crippen molar-refractivity contribution in [2.45, 2.75) is 11.3 Å². The second-order valence-electron chi connectivity index (χ2n) is 5.76. The summed E-state index contributed by atoms with van der Waals surface area (Å²) in [5.74, 6) is 2.82. The van der Waals surface area contributed by atoms with E-state index in [0.717, 1.165) is 10.0 Å². The molecule has 7 nitrogen and oxygen atoms in total. The minimum atomic E-state index is -3.74. The van der Waals surface area contributed by atoms with Crippen LogP contribution in [0.4, 0.5) is 0 Å². The Morgan fingerprint density at radius 2 is 1.79 bits per heavy atom. The summed E-state index contributed by atoms with van der Waals surface area (Å²) in [6.07, 6.45) is 5.79. The summed E-state index contributed by atoms with van der Waals surface area (Å²) >= 11 is 0. The molecule has 0 saturated heterocycles. The lowest BCUT2D eigenvalue weighted by molar-refractivity contribution is -0.0258. The molecule has 1 amide bonds. The Morgan fingerprint density at radius 1 is 1.14 bits per heavy atom. The van der Waals surface area contributed by atoms with Gasteiger partial charge < -0.3 is 10.1 Å². The number of carbonyl (C=O) groups is 1. The van der Waals surface area contributed by atoms with E-state index in [2.05, 4.69) is 11.2 Å². The van der Waals surface area contributed by atoms with Crippen LogP contribution in [0.2, 0.25) is 0 Å². The maximum absolute atomic E-state index is 12.2. The van der Waals surface area contributed by atoms with Crippen molar-refractivity contribution in [3.63, 3.8) is 0 Å². The first kappa shape index (κ1) is 21.4.